The van der Waals surface area contributed by atoms with Gasteiger partial charge in [0.2, 0.25) is 0 Å². The number of halogens is 2. The Hall–Kier alpha value is -2.28. The third-order valence-corrected chi connectivity index (χ3v) is 11.9. The number of hydrogen-bond acceptors (Lipinski definition) is 7. The molecule has 0 amide bonds. The molecule has 7 nitrogen and oxygen atoms in total. The monoisotopic (exact) mass is 893 g/mol. The fourth-order valence-corrected chi connectivity index (χ4v) is 8.78. The Morgan fingerprint density at radius 3 is 1.67 bits per heavy atom. The van der Waals surface area contributed by atoms with E-state index in [1.54, 1.807) is 7.05 Å². The summed E-state index contributed by atoms with van der Waals surface area (Å²) in [6.07, 6.45) is 0.557. The Labute approximate surface area is 317 Å². The molecule has 46 heavy (non-hydrogen) atoms. The van der Waals surface area contributed by atoms with Gasteiger partial charge in [0.1, 0.15) is 28.9 Å². The van der Waals surface area contributed by atoms with Crippen LogP contribution in [0.5, 0.6) is 0 Å². The van der Waals surface area contributed by atoms with E-state index in [2.05, 4.69) is 145 Å². The molecular weight excluding hydrogens is 862 g/mol. The number of nitrogens with one attached hydrogen (secondary N) is 2. The molecule has 0 aliphatic rings. The van der Waals surface area contributed by atoms with E-state index in [1.165, 1.54) is 15.9 Å². The van der Waals surface area contributed by atoms with Crippen LogP contribution >= 0.6 is 29.9 Å². The molecule has 0 bridgehead atoms. The topological polar surface area (TPSA) is 82.7 Å². The summed E-state index contributed by atoms with van der Waals surface area (Å²) in [6.45, 7) is 2.74. The van der Waals surface area contributed by atoms with Gasteiger partial charge < -0.3 is 57.6 Å². The maximum Gasteiger partial charge on any atom is 2.00 e. The summed E-state index contributed by atoms with van der Waals surface area (Å²) >= 11 is 12.8. The van der Waals surface area contributed by atoms with Gasteiger partial charge in [-0.05, 0) is 88.4 Å². The van der Waals surface area contributed by atoms with Crippen LogP contribution < -0.4 is 43.5 Å². The van der Waals surface area contributed by atoms with Crippen molar-refractivity contribution in [3.8, 4) is 0 Å². The molecule has 0 spiro atoms. The first-order valence-corrected chi connectivity index (χ1v) is 17.7. The van der Waals surface area contributed by atoms with Gasteiger partial charge in [-0.1, -0.05) is 66.7 Å². The van der Waals surface area contributed by atoms with E-state index in [0.717, 1.165) is 9.13 Å². The van der Waals surface area contributed by atoms with Crippen LogP contribution in [0.4, 0.5) is 0 Å². The first kappa shape index (κ1) is 39.9. The largest absolute Gasteiger partial charge is 2.00 e. The van der Waals surface area contributed by atoms with E-state index in [9.17, 15) is 0 Å². The fraction of sp³-hybridized carbons (Fsp3) is 0.152. The SMILES string of the molecule is CNC([S-])=NN=C(C(C)=NN=C([S-])NCCOC[P+](c1ccccc1)(c1ccccc1)c1ccccc1)c1ccc(I)cc1.[Br-].[Cu+2]. The maximum atomic E-state index is 6.41. The molecule has 0 atom stereocenters. The van der Waals surface area contributed by atoms with Gasteiger partial charge in [0.25, 0.3) is 0 Å². The zero-order valence-electron chi connectivity index (χ0n) is 25.1. The van der Waals surface area contributed by atoms with Crippen LogP contribution in [0, 0.1) is 3.57 Å². The number of hydrogen-bond donors (Lipinski definition) is 2. The van der Waals surface area contributed by atoms with Crippen molar-refractivity contribution in [2.75, 3.05) is 26.5 Å². The molecule has 0 unspecified atom stereocenters. The van der Waals surface area contributed by atoms with Crippen LogP contribution in [-0.4, -0.2) is 48.3 Å². The van der Waals surface area contributed by atoms with Crippen LogP contribution in [0.2, 0.25) is 0 Å². The van der Waals surface area contributed by atoms with E-state index in [0.29, 0.717) is 30.9 Å². The normalized spacial score (nSPS) is 12.5. The average Bonchev–Trinajstić information content (AvgIpc) is 3.07. The van der Waals surface area contributed by atoms with Crippen molar-refractivity contribution in [3.63, 3.8) is 0 Å². The van der Waals surface area contributed by atoms with Gasteiger partial charge in [0.05, 0.1) is 12.3 Å². The van der Waals surface area contributed by atoms with Crippen molar-refractivity contribution >= 4 is 92.8 Å². The van der Waals surface area contributed by atoms with E-state index in [4.69, 9.17) is 30.0 Å². The Balaban J connectivity index is 0.00000368. The Morgan fingerprint density at radius 1 is 0.717 bits per heavy atom. The Bertz CT molecular complexity index is 1520. The molecule has 13 heteroatoms. The Morgan fingerprint density at radius 2 is 1.20 bits per heavy atom. The molecular formula is C33H33BrCuIN6OPS2. The first-order chi connectivity index (χ1) is 21.4. The number of ether oxygens (including phenoxy) is 1. The number of amidine groups is 2. The van der Waals surface area contributed by atoms with Gasteiger partial charge >= 0.3 is 17.1 Å². The predicted octanol–water partition coefficient (Wildman–Crippen LogP) is 1.96. The van der Waals surface area contributed by atoms with Crippen molar-refractivity contribution in [1.29, 1.82) is 0 Å². The molecule has 4 aromatic carbocycles. The average molecular weight is 895 g/mol. The van der Waals surface area contributed by atoms with E-state index in [-0.39, 0.29) is 44.4 Å². The van der Waals surface area contributed by atoms with Crippen LogP contribution in [0.25, 0.3) is 0 Å². The van der Waals surface area contributed by atoms with Crippen LogP contribution in [0.3, 0.4) is 0 Å². The molecule has 0 fully saturated rings. The van der Waals surface area contributed by atoms with Gasteiger partial charge in [-0.2, -0.15) is 15.3 Å². The Kier molecular flexibility index (Phi) is 18.1. The fourth-order valence-electron chi connectivity index (χ4n) is 4.45. The second-order valence-corrected chi connectivity index (χ2v) is 14.9. The van der Waals surface area contributed by atoms with E-state index < -0.39 is 7.26 Å². The molecule has 4 aromatic rings. The van der Waals surface area contributed by atoms with Crippen molar-refractivity contribution < 1.29 is 38.8 Å². The number of nitrogens with zero attached hydrogens (tertiary/aromatic N) is 4. The minimum Gasteiger partial charge on any atom is -1.00 e. The minimum absolute atomic E-state index is 0. The summed E-state index contributed by atoms with van der Waals surface area (Å²) in [5.41, 5.74) is 1.95. The molecule has 0 aromatic heterocycles. The minimum atomic E-state index is -2.07. The van der Waals surface area contributed by atoms with Crippen molar-refractivity contribution in [1.82, 2.24) is 10.6 Å². The molecule has 0 saturated heterocycles. The van der Waals surface area contributed by atoms with E-state index in [1.807, 2.05) is 31.2 Å². The summed E-state index contributed by atoms with van der Waals surface area (Å²) in [5.74, 6) is 0. The van der Waals surface area contributed by atoms with Crippen LogP contribution in [0.15, 0.2) is 136 Å². The summed E-state index contributed by atoms with van der Waals surface area (Å²) in [7, 11) is -0.370. The number of rotatable bonds is 12. The van der Waals surface area contributed by atoms with Gasteiger partial charge in [-0.25, -0.2) is 0 Å². The maximum absolute atomic E-state index is 6.41. The molecule has 0 aliphatic heterocycles. The predicted molar refractivity (Wildman–Crippen MR) is 201 cm³/mol. The third kappa shape index (κ3) is 11.2. The summed E-state index contributed by atoms with van der Waals surface area (Å²) < 4.78 is 7.52. The van der Waals surface area contributed by atoms with Crippen molar-refractivity contribution in [2.24, 2.45) is 20.4 Å². The first-order valence-electron chi connectivity index (χ1n) is 13.9. The van der Waals surface area contributed by atoms with Crippen LogP contribution in [0.1, 0.15) is 12.5 Å². The van der Waals surface area contributed by atoms with Gasteiger partial charge in [0, 0.05) is 22.7 Å². The molecule has 0 saturated carbocycles. The molecule has 2 N–H and O–H groups in total. The van der Waals surface area contributed by atoms with E-state index >= 15 is 0 Å². The zero-order chi connectivity index (χ0) is 31.2. The quantitative estimate of drug-likeness (QED) is 0.0333. The second kappa shape index (κ2) is 20.8. The van der Waals surface area contributed by atoms with Gasteiger partial charge in [-0.15, -0.1) is 5.10 Å². The van der Waals surface area contributed by atoms with Crippen LogP contribution in [-0.2, 0) is 47.1 Å². The molecule has 0 heterocycles. The summed E-state index contributed by atoms with van der Waals surface area (Å²) in [4.78, 5) is 0. The number of benzene rings is 4. The summed E-state index contributed by atoms with van der Waals surface area (Å²) in [6, 6.07) is 39.8. The van der Waals surface area contributed by atoms with Gasteiger partial charge in [-0.3, -0.25) is 0 Å². The molecule has 0 aliphatic carbocycles. The summed E-state index contributed by atoms with van der Waals surface area (Å²) in [5, 5.41) is 27.2. The zero-order valence-corrected chi connectivity index (χ0v) is 32.3. The van der Waals surface area contributed by atoms with Crippen molar-refractivity contribution in [2.45, 2.75) is 6.92 Å². The second-order valence-electron chi connectivity index (χ2n) is 9.48. The molecule has 1 radical (unpaired) electrons. The molecule has 4 rings (SSSR count). The smallest absolute Gasteiger partial charge is 1.00 e. The standard InChI is InChI=1S/C33H34IN6OPS2.BrH.Cu/c1-25(31(38-39-32(43)35-2)26-18-20-27(34)21-19-26)37-40-33(44)36-22-23-41-24-42(28-12-6-3-7-13-28,29-14-8-4-9-15-29)30-16-10-5-11-17-30;;/h3-21H,22-24H2,1-2H3,(H3-,35,36,37,38,39,40,43,44);1H;/q;;+2/p-2. The van der Waals surface area contributed by atoms with Gasteiger partial charge in [0.15, 0.2) is 6.35 Å². The third-order valence-electron chi connectivity index (χ3n) is 6.60. The molecule has 243 valence electrons. The van der Waals surface area contributed by atoms with Crippen molar-refractivity contribution in [3.05, 3.63) is 124 Å².